The van der Waals surface area contributed by atoms with Gasteiger partial charge in [-0.25, -0.2) is 4.79 Å². The molecule has 1 heterocycles. The lowest BCUT2D eigenvalue weighted by Crippen LogP contribution is -2.55. The summed E-state index contributed by atoms with van der Waals surface area (Å²) >= 11 is 0. The fourth-order valence-electron chi connectivity index (χ4n) is 2.26. The third-order valence-electron chi connectivity index (χ3n) is 3.45. The Balaban J connectivity index is 2.12. The summed E-state index contributed by atoms with van der Waals surface area (Å²) in [6, 6.07) is 4.34. The first-order valence-electron chi connectivity index (χ1n) is 7.64. The number of nitrogens with one attached hydrogen (secondary N) is 2. The molecule has 0 spiro atoms. The van der Waals surface area contributed by atoms with Gasteiger partial charge in [0, 0.05) is 5.39 Å². The van der Waals surface area contributed by atoms with Gasteiger partial charge in [-0.3, -0.25) is 9.59 Å². The van der Waals surface area contributed by atoms with Gasteiger partial charge in [0.25, 0.3) is 0 Å². The SMILES string of the molecule is CCOc1cccc2cc([C@@H](C)NC(=O)NC(C(N)=O)C(N)=O)oc12. The van der Waals surface area contributed by atoms with Crippen LogP contribution in [-0.2, 0) is 9.59 Å². The molecule has 0 aliphatic heterocycles. The summed E-state index contributed by atoms with van der Waals surface area (Å²) in [7, 11) is 0. The lowest BCUT2D eigenvalue weighted by atomic mass is 10.2. The highest BCUT2D eigenvalue weighted by Gasteiger charge is 2.25. The van der Waals surface area contributed by atoms with Crippen molar-refractivity contribution in [2.24, 2.45) is 11.5 Å². The summed E-state index contributed by atoms with van der Waals surface area (Å²) in [5.74, 6) is -1.00. The van der Waals surface area contributed by atoms with E-state index >= 15 is 0 Å². The fourth-order valence-corrected chi connectivity index (χ4v) is 2.26. The van der Waals surface area contributed by atoms with Crippen LogP contribution in [0.5, 0.6) is 5.75 Å². The Kier molecular flexibility index (Phi) is 5.48. The Morgan fingerprint density at radius 3 is 2.48 bits per heavy atom. The summed E-state index contributed by atoms with van der Waals surface area (Å²) in [6.07, 6.45) is 0. The summed E-state index contributed by atoms with van der Waals surface area (Å²) in [4.78, 5) is 34.1. The molecule has 25 heavy (non-hydrogen) atoms. The van der Waals surface area contributed by atoms with E-state index < -0.39 is 29.9 Å². The van der Waals surface area contributed by atoms with Crippen LogP contribution in [0.15, 0.2) is 28.7 Å². The average molecular weight is 348 g/mol. The maximum atomic E-state index is 11.9. The highest BCUT2D eigenvalue weighted by molar-refractivity contribution is 6.05. The topological polar surface area (TPSA) is 150 Å². The number of hydrogen-bond acceptors (Lipinski definition) is 5. The quantitative estimate of drug-likeness (QED) is 0.538. The third-order valence-corrected chi connectivity index (χ3v) is 3.45. The molecule has 0 radical (unpaired) electrons. The van der Waals surface area contributed by atoms with Gasteiger partial charge in [0.05, 0.1) is 12.6 Å². The van der Waals surface area contributed by atoms with E-state index in [1.165, 1.54) is 0 Å². The highest BCUT2D eigenvalue weighted by atomic mass is 16.5. The Morgan fingerprint density at radius 1 is 1.20 bits per heavy atom. The van der Waals surface area contributed by atoms with Crippen molar-refractivity contribution in [2.75, 3.05) is 6.61 Å². The van der Waals surface area contributed by atoms with Gasteiger partial charge in [0.15, 0.2) is 17.4 Å². The van der Waals surface area contributed by atoms with Crippen molar-refractivity contribution in [2.45, 2.75) is 25.9 Å². The number of furan rings is 1. The van der Waals surface area contributed by atoms with Crippen LogP contribution in [0.1, 0.15) is 25.6 Å². The van der Waals surface area contributed by atoms with Crippen LogP contribution in [0, 0.1) is 0 Å². The number of carbonyl (C=O) groups excluding carboxylic acids is 3. The molecule has 9 nitrogen and oxygen atoms in total. The van der Waals surface area contributed by atoms with E-state index in [-0.39, 0.29) is 0 Å². The maximum absolute atomic E-state index is 11.9. The van der Waals surface area contributed by atoms with Crippen molar-refractivity contribution >= 4 is 28.8 Å². The second-order valence-corrected chi connectivity index (χ2v) is 5.33. The van der Waals surface area contributed by atoms with Crippen LogP contribution in [0.2, 0.25) is 0 Å². The van der Waals surface area contributed by atoms with E-state index in [0.29, 0.717) is 23.7 Å². The molecule has 1 aromatic heterocycles. The predicted molar refractivity (Wildman–Crippen MR) is 89.6 cm³/mol. The molecule has 0 fully saturated rings. The number of rotatable bonds is 7. The van der Waals surface area contributed by atoms with Gasteiger partial charge in [0.2, 0.25) is 11.8 Å². The first kappa shape index (κ1) is 18.1. The van der Waals surface area contributed by atoms with Crippen LogP contribution < -0.4 is 26.8 Å². The van der Waals surface area contributed by atoms with E-state index in [1.54, 1.807) is 19.1 Å². The maximum Gasteiger partial charge on any atom is 0.316 e. The molecule has 6 N–H and O–H groups in total. The lowest BCUT2D eigenvalue weighted by Gasteiger charge is -2.15. The number of carbonyl (C=O) groups is 3. The molecule has 134 valence electrons. The average Bonchev–Trinajstić information content (AvgIpc) is 2.97. The van der Waals surface area contributed by atoms with Gasteiger partial charge in [0.1, 0.15) is 5.76 Å². The second-order valence-electron chi connectivity index (χ2n) is 5.33. The van der Waals surface area contributed by atoms with Crippen molar-refractivity contribution in [1.29, 1.82) is 0 Å². The zero-order chi connectivity index (χ0) is 18.6. The second kappa shape index (κ2) is 7.56. The summed E-state index contributed by atoms with van der Waals surface area (Å²) in [5.41, 5.74) is 10.6. The molecular formula is C16H20N4O5. The molecule has 0 aliphatic carbocycles. The zero-order valence-corrected chi connectivity index (χ0v) is 13.9. The standard InChI is InChI=1S/C16H20N4O5/c1-3-24-10-6-4-5-9-7-11(25-13(9)10)8(2)19-16(23)20-12(14(17)21)15(18)22/h4-8,12H,3H2,1-2H3,(H2,17,21)(H2,18,22)(H2,19,20,23)/t8-/m1/s1. The Bertz CT molecular complexity index is 787. The van der Waals surface area contributed by atoms with E-state index in [9.17, 15) is 14.4 Å². The zero-order valence-electron chi connectivity index (χ0n) is 13.9. The highest BCUT2D eigenvalue weighted by Crippen LogP contribution is 2.31. The lowest BCUT2D eigenvalue weighted by molar-refractivity contribution is -0.128. The van der Waals surface area contributed by atoms with Gasteiger partial charge >= 0.3 is 6.03 Å². The number of amides is 4. The normalized spacial score (nSPS) is 12.0. The molecular weight excluding hydrogens is 328 g/mol. The van der Waals surface area contributed by atoms with Crippen molar-refractivity contribution in [3.8, 4) is 5.75 Å². The van der Waals surface area contributed by atoms with Crippen molar-refractivity contribution in [3.63, 3.8) is 0 Å². The molecule has 0 aliphatic rings. The number of para-hydroxylation sites is 1. The fraction of sp³-hybridized carbons (Fsp3) is 0.312. The Labute approximate surface area is 143 Å². The van der Waals surface area contributed by atoms with Crippen molar-refractivity contribution in [1.82, 2.24) is 10.6 Å². The number of primary amides is 2. The van der Waals surface area contributed by atoms with Crippen molar-refractivity contribution < 1.29 is 23.5 Å². The molecule has 4 amide bonds. The number of hydrogen-bond donors (Lipinski definition) is 4. The van der Waals surface area contributed by atoms with Crippen LogP contribution >= 0.6 is 0 Å². The number of nitrogens with two attached hydrogens (primary N) is 2. The summed E-state index contributed by atoms with van der Waals surface area (Å²) in [5, 5.41) is 5.49. The molecule has 0 saturated heterocycles. The monoisotopic (exact) mass is 348 g/mol. The molecule has 0 saturated carbocycles. The van der Waals surface area contributed by atoms with Crippen LogP contribution in [0.4, 0.5) is 4.79 Å². The third kappa shape index (κ3) is 4.19. The molecule has 1 aromatic carbocycles. The summed E-state index contributed by atoms with van der Waals surface area (Å²) in [6.45, 7) is 4.04. The molecule has 9 heteroatoms. The number of ether oxygens (including phenoxy) is 1. The van der Waals surface area contributed by atoms with Gasteiger partial charge in [-0.15, -0.1) is 0 Å². The predicted octanol–water partition coefficient (Wildman–Crippen LogP) is 0.531. The van der Waals surface area contributed by atoms with E-state index in [4.69, 9.17) is 20.6 Å². The first-order valence-corrected chi connectivity index (χ1v) is 7.64. The van der Waals surface area contributed by atoms with Crippen LogP contribution in [0.25, 0.3) is 11.0 Å². The molecule has 2 aromatic rings. The molecule has 2 rings (SSSR count). The van der Waals surface area contributed by atoms with E-state index in [2.05, 4.69) is 10.6 Å². The number of urea groups is 1. The van der Waals surface area contributed by atoms with E-state index in [0.717, 1.165) is 5.39 Å². The van der Waals surface area contributed by atoms with Crippen LogP contribution in [0.3, 0.4) is 0 Å². The van der Waals surface area contributed by atoms with Crippen molar-refractivity contribution in [3.05, 3.63) is 30.0 Å². The minimum Gasteiger partial charge on any atom is -0.490 e. The minimum absolute atomic E-state index is 0.479. The van der Waals surface area contributed by atoms with E-state index in [1.807, 2.05) is 19.1 Å². The largest absolute Gasteiger partial charge is 0.490 e. The number of benzene rings is 1. The number of fused-ring (bicyclic) bond motifs is 1. The van der Waals surface area contributed by atoms with Gasteiger partial charge in [-0.2, -0.15) is 0 Å². The first-order chi connectivity index (χ1) is 11.8. The Morgan fingerprint density at radius 2 is 1.88 bits per heavy atom. The Hall–Kier alpha value is -3.23. The molecule has 1 atom stereocenters. The van der Waals surface area contributed by atoms with Gasteiger partial charge < -0.3 is 31.3 Å². The van der Waals surface area contributed by atoms with Crippen LogP contribution in [-0.4, -0.2) is 30.5 Å². The minimum atomic E-state index is -1.59. The van der Waals surface area contributed by atoms with Gasteiger partial charge in [-0.05, 0) is 26.0 Å². The smallest absolute Gasteiger partial charge is 0.316 e. The molecule has 0 unspecified atom stereocenters. The summed E-state index contributed by atoms with van der Waals surface area (Å²) < 4.78 is 11.3. The molecule has 0 bridgehead atoms. The van der Waals surface area contributed by atoms with Gasteiger partial charge in [-0.1, -0.05) is 12.1 Å².